The van der Waals surface area contributed by atoms with E-state index in [-0.39, 0.29) is 0 Å². The predicted octanol–water partition coefficient (Wildman–Crippen LogP) is 3.97. The molecule has 6 heteroatoms. The Morgan fingerprint density at radius 3 is 2.75 bits per heavy atom. The molecule has 2 aromatic heterocycles. The molecule has 3 rings (SSSR count). The fourth-order valence-corrected chi connectivity index (χ4v) is 4.57. The fourth-order valence-electron chi connectivity index (χ4n) is 3.35. The molecular weight excluding hydrogens is 318 g/mol. The monoisotopic (exact) mass is 345 g/mol. The van der Waals surface area contributed by atoms with Gasteiger partial charge < -0.3 is 5.32 Å². The van der Waals surface area contributed by atoms with Gasteiger partial charge in [-0.1, -0.05) is 19.3 Å². The van der Waals surface area contributed by atoms with E-state index in [0.717, 1.165) is 40.2 Å². The van der Waals surface area contributed by atoms with E-state index in [1.165, 1.54) is 32.1 Å². The van der Waals surface area contributed by atoms with Crippen molar-refractivity contribution >= 4 is 17.7 Å². The molecule has 0 bridgehead atoms. The SMILES string of the molecule is Cc1nn(C)c(C)c1-c1ccnc(NCCSC2CCCCC2)n1. The van der Waals surface area contributed by atoms with Crippen LogP contribution in [0.3, 0.4) is 0 Å². The quantitative estimate of drug-likeness (QED) is 0.803. The Morgan fingerprint density at radius 2 is 2.04 bits per heavy atom. The molecule has 2 aromatic rings. The first-order chi connectivity index (χ1) is 11.6. The van der Waals surface area contributed by atoms with E-state index in [9.17, 15) is 0 Å². The number of nitrogens with one attached hydrogen (secondary N) is 1. The van der Waals surface area contributed by atoms with Crippen LogP contribution in [0.1, 0.15) is 43.5 Å². The normalized spacial score (nSPS) is 15.6. The Bertz CT molecular complexity index is 676. The van der Waals surface area contributed by atoms with E-state index in [1.807, 2.05) is 30.9 Å². The molecule has 1 fully saturated rings. The standard InChI is InChI=1S/C18H27N5S/c1-13-17(14(2)23(3)22-13)16-9-10-19-18(21-16)20-11-12-24-15-7-5-4-6-8-15/h9-10,15H,4-8,11-12H2,1-3H3,(H,19,20,21). The number of hydrogen-bond donors (Lipinski definition) is 1. The fraction of sp³-hybridized carbons (Fsp3) is 0.611. The van der Waals surface area contributed by atoms with E-state index < -0.39 is 0 Å². The van der Waals surface area contributed by atoms with E-state index >= 15 is 0 Å². The summed E-state index contributed by atoms with van der Waals surface area (Å²) < 4.78 is 1.90. The van der Waals surface area contributed by atoms with Crippen LogP contribution in [0.4, 0.5) is 5.95 Å². The van der Waals surface area contributed by atoms with Crippen molar-refractivity contribution in [3.8, 4) is 11.3 Å². The van der Waals surface area contributed by atoms with Crippen LogP contribution < -0.4 is 5.32 Å². The van der Waals surface area contributed by atoms with Crippen molar-refractivity contribution in [1.82, 2.24) is 19.7 Å². The second-order valence-electron chi connectivity index (χ2n) is 6.49. The minimum Gasteiger partial charge on any atom is -0.353 e. The van der Waals surface area contributed by atoms with Gasteiger partial charge in [-0.2, -0.15) is 16.9 Å². The maximum absolute atomic E-state index is 4.68. The number of thioether (sulfide) groups is 1. The molecule has 0 atom stereocenters. The Labute approximate surface area is 148 Å². The maximum atomic E-state index is 4.68. The first-order valence-electron chi connectivity index (χ1n) is 8.84. The Morgan fingerprint density at radius 1 is 1.25 bits per heavy atom. The first kappa shape index (κ1) is 17.3. The zero-order valence-electron chi connectivity index (χ0n) is 14.9. The number of aromatic nitrogens is 4. The van der Waals surface area contributed by atoms with Crippen LogP contribution in [0.5, 0.6) is 0 Å². The van der Waals surface area contributed by atoms with Gasteiger partial charge in [0, 0.05) is 42.0 Å². The molecule has 0 spiro atoms. The van der Waals surface area contributed by atoms with Gasteiger partial charge in [-0.05, 0) is 32.8 Å². The van der Waals surface area contributed by atoms with Crippen molar-refractivity contribution in [3.05, 3.63) is 23.7 Å². The van der Waals surface area contributed by atoms with Gasteiger partial charge in [-0.25, -0.2) is 9.97 Å². The highest BCUT2D eigenvalue weighted by atomic mass is 32.2. The van der Waals surface area contributed by atoms with Crippen LogP contribution >= 0.6 is 11.8 Å². The molecule has 2 heterocycles. The first-order valence-corrected chi connectivity index (χ1v) is 9.89. The third kappa shape index (κ3) is 4.09. The zero-order chi connectivity index (χ0) is 16.9. The third-order valence-electron chi connectivity index (χ3n) is 4.71. The molecule has 1 aliphatic carbocycles. The lowest BCUT2D eigenvalue weighted by Gasteiger charge is -2.20. The van der Waals surface area contributed by atoms with Crippen LogP contribution in [-0.4, -0.2) is 37.3 Å². The van der Waals surface area contributed by atoms with Gasteiger partial charge in [0.2, 0.25) is 5.95 Å². The summed E-state index contributed by atoms with van der Waals surface area (Å²) in [5.74, 6) is 1.82. The van der Waals surface area contributed by atoms with E-state index in [4.69, 9.17) is 0 Å². The Kier molecular flexibility index (Phi) is 5.76. The molecular formula is C18H27N5S. The molecule has 0 unspecified atom stereocenters. The average molecular weight is 346 g/mol. The molecule has 5 nitrogen and oxygen atoms in total. The van der Waals surface area contributed by atoms with Gasteiger partial charge in [-0.15, -0.1) is 0 Å². The summed E-state index contributed by atoms with van der Waals surface area (Å²) in [6, 6.07) is 1.96. The van der Waals surface area contributed by atoms with Crippen LogP contribution in [0.15, 0.2) is 12.3 Å². The lowest BCUT2D eigenvalue weighted by molar-refractivity contribution is 0.516. The number of nitrogens with zero attached hydrogens (tertiary/aromatic N) is 4. The van der Waals surface area contributed by atoms with Crippen molar-refractivity contribution in [2.24, 2.45) is 7.05 Å². The minimum absolute atomic E-state index is 0.708. The number of anilines is 1. The summed E-state index contributed by atoms with van der Waals surface area (Å²) >= 11 is 2.09. The highest BCUT2D eigenvalue weighted by molar-refractivity contribution is 7.99. The summed E-state index contributed by atoms with van der Waals surface area (Å²) in [5, 5.41) is 8.70. The highest BCUT2D eigenvalue weighted by Crippen LogP contribution is 2.28. The summed E-state index contributed by atoms with van der Waals surface area (Å²) in [7, 11) is 1.97. The largest absolute Gasteiger partial charge is 0.353 e. The molecule has 0 aromatic carbocycles. The molecule has 1 N–H and O–H groups in total. The number of rotatable bonds is 6. The topological polar surface area (TPSA) is 55.6 Å². The number of hydrogen-bond acceptors (Lipinski definition) is 5. The van der Waals surface area contributed by atoms with Gasteiger partial charge in [0.15, 0.2) is 0 Å². The highest BCUT2D eigenvalue weighted by Gasteiger charge is 2.14. The van der Waals surface area contributed by atoms with Gasteiger partial charge in [-0.3, -0.25) is 4.68 Å². The van der Waals surface area contributed by atoms with Crippen LogP contribution in [0, 0.1) is 13.8 Å². The molecule has 0 radical (unpaired) electrons. The Hall–Kier alpha value is -1.56. The van der Waals surface area contributed by atoms with Gasteiger partial charge in [0.25, 0.3) is 0 Å². The van der Waals surface area contributed by atoms with Crippen molar-refractivity contribution in [2.45, 2.75) is 51.2 Å². The van der Waals surface area contributed by atoms with Crippen LogP contribution in [0.2, 0.25) is 0 Å². The average Bonchev–Trinajstić information content (AvgIpc) is 2.85. The second kappa shape index (κ2) is 8.01. The molecule has 0 aliphatic heterocycles. The third-order valence-corrected chi connectivity index (χ3v) is 6.09. The van der Waals surface area contributed by atoms with Gasteiger partial charge >= 0.3 is 0 Å². The molecule has 24 heavy (non-hydrogen) atoms. The zero-order valence-corrected chi connectivity index (χ0v) is 15.7. The smallest absolute Gasteiger partial charge is 0.223 e. The van der Waals surface area contributed by atoms with Crippen LogP contribution in [0.25, 0.3) is 11.3 Å². The van der Waals surface area contributed by atoms with E-state index in [1.54, 1.807) is 0 Å². The predicted molar refractivity (Wildman–Crippen MR) is 102 cm³/mol. The van der Waals surface area contributed by atoms with Crippen LogP contribution in [-0.2, 0) is 7.05 Å². The molecule has 0 amide bonds. The van der Waals surface area contributed by atoms with Gasteiger partial charge in [0.05, 0.1) is 11.4 Å². The second-order valence-corrected chi connectivity index (χ2v) is 7.90. The number of aryl methyl sites for hydroxylation is 2. The van der Waals surface area contributed by atoms with Crippen molar-refractivity contribution in [1.29, 1.82) is 0 Å². The van der Waals surface area contributed by atoms with Crippen molar-refractivity contribution in [3.63, 3.8) is 0 Å². The van der Waals surface area contributed by atoms with Gasteiger partial charge in [0.1, 0.15) is 0 Å². The summed E-state index contributed by atoms with van der Waals surface area (Å²) in [6.07, 6.45) is 8.82. The molecule has 1 saturated carbocycles. The van der Waals surface area contributed by atoms with Crippen molar-refractivity contribution in [2.75, 3.05) is 17.6 Å². The molecule has 0 saturated heterocycles. The maximum Gasteiger partial charge on any atom is 0.223 e. The van der Waals surface area contributed by atoms with E-state index in [2.05, 4.69) is 39.1 Å². The minimum atomic E-state index is 0.708. The Balaban J connectivity index is 1.57. The molecule has 130 valence electrons. The summed E-state index contributed by atoms with van der Waals surface area (Å²) in [6.45, 7) is 5.01. The summed E-state index contributed by atoms with van der Waals surface area (Å²) in [5.41, 5.74) is 4.19. The lowest BCUT2D eigenvalue weighted by Crippen LogP contribution is -2.13. The van der Waals surface area contributed by atoms with E-state index in [0.29, 0.717) is 5.95 Å². The lowest BCUT2D eigenvalue weighted by atomic mass is 10.0. The molecule has 1 aliphatic rings. The summed E-state index contributed by atoms with van der Waals surface area (Å²) in [4.78, 5) is 9.03. The van der Waals surface area contributed by atoms with Crippen molar-refractivity contribution < 1.29 is 0 Å².